The molecule has 218 valence electrons. The van der Waals surface area contributed by atoms with Gasteiger partial charge in [-0.1, -0.05) is 43.0 Å². The molecule has 2 heterocycles. The monoisotopic (exact) mass is 572 g/mol. The smallest absolute Gasteiger partial charge is 0.245 e. The lowest BCUT2D eigenvalue weighted by Gasteiger charge is -2.48. The highest BCUT2D eigenvalue weighted by Gasteiger charge is 2.43. The molecule has 0 bridgehead atoms. The molecule has 1 atom stereocenters. The summed E-state index contributed by atoms with van der Waals surface area (Å²) >= 11 is 6.07. The van der Waals surface area contributed by atoms with Crippen LogP contribution in [0.3, 0.4) is 0 Å². The topological polar surface area (TPSA) is 118 Å². The first-order valence-corrected chi connectivity index (χ1v) is 14.7. The number of amides is 3. The van der Waals surface area contributed by atoms with Crippen LogP contribution in [-0.4, -0.2) is 76.8 Å². The molecule has 1 aliphatic carbocycles. The summed E-state index contributed by atoms with van der Waals surface area (Å²) in [5.74, 6) is -0.0418. The number of hydrogen-bond acceptors (Lipinski definition) is 6. The predicted molar refractivity (Wildman–Crippen MR) is 151 cm³/mol. The molecular formula is C29H41ClN6O4. The van der Waals surface area contributed by atoms with Crippen LogP contribution in [0.15, 0.2) is 36.9 Å². The number of carbonyl (C=O) groups excluding carboxylic acids is 3. The average molecular weight is 573 g/mol. The number of benzene rings is 1. The fraction of sp³-hybridized carbons (Fsp3) is 0.621. The largest absolute Gasteiger partial charge is 0.375 e. The fourth-order valence-corrected chi connectivity index (χ4v) is 6.39. The lowest BCUT2D eigenvalue weighted by atomic mass is 9.63. The first-order chi connectivity index (χ1) is 19.4. The van der Waals surface area contributed by atoms with Gasteiger partial charge < -0.3 is 20.3 Å². The van der Waals surface area contributed by atoms with Gasteiger partial charge in [0.05, 0.1) is 0 Å². The summed E-state index contributed by atoms with van der Waals surface area (Å²) in [6.45, 7) is 2.22. The van der Waals surface area contributed by atoms with Crippen molar-refractivity contribution in [3.05, 3.63) is 47.5 Å². The number of nitrogens with one attached hydrogen (secondary N) is 2. The zero-order chi connectivity index (χ0) is 28.4. The molecule has 3 amide bonds. The van der Waals surface area contributed by atoms with Crippen molar-refractivity contribution >= 4 is 29.3 Å². The molecule has 0 spiro atoms. The summed E-state index contributed by atoms with van der Waals surface area (Å²) in [6, 6.07) is 6.62. The van der Waals surface area contributed by atoms with E-state index in [4.69, 9.17) is 16.3 Å². The number of hydrogen-bond donors (Lipinski definition) is 2. The summed E-state index contributed by atoms with van der Waals surface area (Å²) in [5, 5.41) is 10.6. The van der Waals surface area contributed by atoms with E-state index in [0.29, 0.717) is 30.5 Å². The van der Waals surface area contributed by atoms with Crippen molar-refractivity contribution in [3.8, 4) is 0 Å². The Morgan fingerprint density at radius 2 is 1.82 bits per heavy atom. The number of halogens is 1. The molecule has 40 heavy (non-hydrogen) atoms. The van der Waals surface area contributed by atoms with Crippen LogP contribution in [0.4, 0.5) is 0 Å². The minimum Gasteiger partial charge on any atom is -0.375 e. The molecule has 1 aliphatic heterocycles. The van der Waals surface area contributed by atoms with Crippen LogP contribution in [0.25, 0.3) is 0 Å². The van der Waals surface area contributed by atoms with Crippen molar-refractivity contribution in [3.63, 3.8) is 0 Å². The molecule has 1 aromatic carbocycles. The van der Waals surface area contributed by atoms with E-state index in [-0.39, 0.29) is 42.7 Å². The Hall–Kier alpha value is -2.98. The molecular weight excluding hydrogens is 532 g/mol. The normalized spacial score (nSPS) is 18.2. The maximum Gasteiger partial charge on any atom is 0.245 e. The summed E-state index contributed by atoms with van der Waals surface area (Å²) in [6.07, 6.45) is 11.9. The number of nitrogens with zero attached hydrogens (tertiary/aromatic N) is 4. The van der Waals surface area contributed by atoms with Gasteiger partial charge in [-0.05, 0) is 54.7 Å². The predicted octanol–water partition coefficient (Wildman–Crippen LogP) is 3.00. The summed E-state index contributed by atoms with van der Waals surface area (Å²) in [4.78, 5) is 44.4. The number of ether oxygens (including phenoxy) is 1. The molecule has 2 aliphatic rings. The summed E-state index contributed by atoms with van der Waals surface area (Å²) in [5.41, 5.74) is 0.997. The molecule has 2 N–H and O–H groups in total. The number of rotatable bonds is 12. The molecule has 0 unspecified atom stereocenters. The van der Waals surface area contributed by atoms with Gasteiger partial charge in [0, 0.05) is 51.2 Å². The highest BCUT2D eigenvalue weighted by Crippen LogP contribution is 2.47. The number of carbonyl (C=O) groups is 3. The first kappa shape index (κ1) is 30.0. The number of piperidine rings is 1. The van der Waals surface area contributed by atoms with Crippen LogP contribution in [-0.2, 0) is 32.1 Å². The van der Waals surface area contributed by atoms with E-state index in [9.17, 15) is 14.4 Å². The first-order valence-electron chi connectivity index (χ1n) is 14.3. The minimum atomic E-state index is -0.708. The van der Waals surface area contributed by atoms with E-state index in [1.165, 1.54) is 39.2 Å². The molecule has 10 nitrogen and oxygen atoms in total. The van der Waals surface area contributed by atoms with Gasteiger partial charge in [-0.25, -0.2) is 4.98 Å². The minimum absolute atomic E-state index is 0.0620. The lowest BCUT2D eigenvalue weighted by Crippen LogP contribution is -2.54. The standard InChI is InChI=1S/C29H41ClN6O4/c1-40-18-27(38)32-14-11-26(37)34-25(17-22-7-9-24(30)10-8-22)28(39)35-15-12-29(13-16-35,19-36-21-31-20-33-36)23-5-3-2-4-6-23/h7-10,20-21,23,25H,2-6,11-19H2,1H3,(H,32,38)(H,34,37)/t25-/m1/s1. The van der Waals surface area contributed by atoms with Gasteiger partial charge in [0.2, 0.25) is 17.7 Å². The quantitative estimate of drug-likeness (QED) is 0.404. The molecule has 1 aromatic heterocycles. The molecule has 4 rings (SSSR count). The van der Waals surface area contributed by atoms with Crippen LogP contribution in [0.1, 0.15) is 56.9 Å². The maximum atomic E-state index is 13.8. The van der Waals surface area contributed by atoms with Crippen LogP contribution in [0, 0.1) is 11.3 Å². The number of likely N-dealkylation sites (tertiary alicyclic amines) is 1. The van der Waals surface area contributed by atoms with E-state index in [0.717, 1.165) is 24.9 Å². The average Bonchev–Trinajstić information content (AvgIpc) is 3.47. The van der Waals surface area contributed by atoms with Gasteiger partial charge in [-0.2, -0.15) is 5.10 Å². The molecule has 0 radical (unpaired) electrons. The van der Waals surface area contributed by atoms with Crippen molar-refractivity contribution in [2.75, 3.05) is 33.4 Å². The highest BCUT2D eigenvalue weighted by atomic mass is 35.5. The van der Waals surface area contributed by atoms with Gasteiger partial charge in [0.25, 0.3) is 0 Å². The highest BCUT2D eigenvalue weighted by molar-refractivity contribution is 6.30. The number of aromatic nitrogens is 3. The summed E-state index contributed by atoms with van der Waals surface area (Å²) < 4.78 is 6.75. The zero-order valence-electron chi connectivity index (χ0n) is 23.3. The van der Waals surface area contributed by atoms with Crippen molar-refractivity contribution in [2.45, 2.75) is 70.4 Å². The second-order valence-corrected chi connectivity index (χ2v) is 11.5. The van der Waals surface area contributed by atoms with Crippen LogP contribution in [0.2, 0.25) is 5.02 Å². The third kappa shape index (κ3) is 8.27. The van der Waals surface area contributed by atoms with Crippen molar-refractivity contribution in [2.24, 2.45) is 11.3 Å². The Morgan fingerprint density at radius 1 is 1.10 bits per heavy atom. The summed E-state index contributed by atoms with van der Waals surface area (Å²) in [7, 11) is 1.44. The number of methoxy groups -OCH3 is 1. The van der Waals surface area contributed by atoms with E-state index in [1.54, 1.807) is 24.8 Å². The Morgan fingerprint density at radius 3 is 2.48 bits per heavy atom. The third-order valence-corrected chi connectivity index (χ3v) is 8.67. The molecule has 1 saturated heterocycles. The van der Waals surface area contributed by atoms with E-state index in [1.807, 2.05) is 21.7 Å². The fourth-order valence-electron chi connectivity index (χ4n) is 6.26. The SMILES string of the molecule is COCC(=O)NCCC(=O)N[C@H](Cc1ccc(Cl)cc1)C(=O)N1CCC(Cn2cncn2)(C2CCCCC2)CC1. The van der Waals surface area contributed by atoms with Gasteiger partial charge >= 0.3 is 0 Å². The Kier molecular flexibility index (Phi) is 10.9. The Bertz CT molecular complexity index is 1100. The second-order valence-electron chi connectivity index (χ2n) is 11.1. The van der Waals surface area contributed by atoms with Crippen LogP contribution >= 0.6 is 11.6 Å². The third-order valence-electron chi connectivity index (χ3n) is 8.42. The van der Waals surface area contributed by atoms with E-state index < -0.39 is 6.04 Å². The van der Waals surface area contributed by atoms with Gasteiger partial charge in [0.1, 0.15) is 25.3 Å². The lowest BCUT2D eigenvalue weighted by molar-refractivity contribution is -0.139. The molecule has 1 saturated carbocycles. The van der Waals surface area contributed by atoms with Crippen LogP contribution < -0.4 is 10.6 Å². The van der Waals surface area contributed by atoms with Gasteiger partial charge in [0.15, 0.2) is 0 Å². The van der Waals surface area contributed by atoms with Crippen LogP contribution in [0.5, 0.6) is 0 Å². The van der Waals surface area contributed by atoms with Crippen molar-refractivity contribution in [1.29, 1.82) is 0 Å². The van der Waals surface area contributed by atoms with E-state index in [2.05, 4.69) is 20.7 Å². The second kappa shape index (κ2) is 14.6. The zero-order valence-corrected chi connectivity index (χ0v) is 24.1. The molecule has 2 fully saturated rings. The van der Waals surface area contributed by atoms with Gasteiger partial charge in [-0.3, -0.25) is 19.1 Å². The van der Waals surface area contributed by atoms with E-state index >= 15 is 0 Å². The maximum absolute atomic E-state index is 13.8. The molecule has 2 aromatic rings. The van der Waals surface area contributed by atoms with Crippen molar-refractivity contribution < 1.29 is 19.1 Å². The van der Waals surface area contributed by atoms with Crippen molar-refractivity contribution in [1.82, 2.24) is 30.3 Å². The Balaban J connectivity index is 1.42. The Labute approximate surface area is 241 Å². The molecule has 11 heteroatoms. The van der Waals surface area contributed by atoms with Gasteiger partial charge in [-0.15, -0.1) is 0 Å².